The van der Waals surface area contributed by atoms with Crippen molar-refractivity contribution < 1.29 is 0 Å². The fourth-order valence-electron chi connectivity index (χ4n) is 11.7. The van der Waals surface area contributed by atoms with Crippen molar-refractivity contribution in [3.8, 4) is 27.9 Å². The molecule has 0 fully saturated rings. The van der Waals surface area contributed by atoms with Gasteiger partial charge in [-0.05, 0) is 181 Å². The molecule has 0 saturated heterocycles. The molecule has 366 valence electrons. The van der Waals surface area contributed by atoms with Crippen LogP contribution in [-0.4, -0.2) is 10.3 Å². The van der Waals surface area contributed by atoms with Crippen LogP contribution in [-0.2, 0) is 19.3 Å². The van der Waals surface area contributed by atoms with E-state index >= 15 is 0 Å². The number of aromatic nitrogens is 1. The fourth-order valence-corrected chi connectivity index (χ4v) is 11.7. The lowest BCUT2D eigenvalue weighted by Gasteiger charge is -2.22. The zero-order valence-corrected chi connectivity index (χ0v) is 43.9. The van der Waals surface area contributed by atoms with E-state index in [9.17, 15) is 5.41 Å². The predicted molar refractivity (Wildman–Crippen MR) is 324 cm³/mol. The van der Waals surface area contributed by atoms with Gasteiger partial charge in [-0.2, -0.15) is 0 Å². The molecule has 2 nitrogen and oxygen atoms in total. The van der Waals surface area contributed by atoms with E-state index in [0.29, 0.717) is 0 Å². The van der Waals surface area contributed by atoms with E-state index in [1.165, 1.54) is 127 Å². The molecular formula is C72H68N2. The van der Waals surface area contributed by atoms with Crippen molar-refractivity contribution in [2.75, 3.05) is 0 Å². The van der Waals surface area contributed by atoms with Gasteiger partial charge in [-0.15, -0.1) is 13.2 Å². The first-order valence-corrected chi connectivity index (χ1v) is 26.9. The van der Waals surface area contributed by atoms with Crippen molar-refractivity contribution in [1.29, 1.82) is 5.41 Å². The molecule has 2 aliphatic rings. The Morgan fingerprint density at radius 2 is 1.23 bits per heavy atom. The first-order chi connectivity index (χ1) is 36.4. The largest absolute Gasteiger partial charge is 0.309 e. The first-order valence-electron chi connectivity index (χ1n) is 26.9. The maximum absolute atomic E-state index is 9.17. The Labute approximate surface area is 438 Å². The molecule has 1 heterocycles. The zero-order valence-electron chi connectivity index (χ0n) is 43.9. The number of nitrogens with zero attached hydrogens (tertiary/aromatic N) is 1. The molecule has 0 saturated carbocycles. The Balaban J connectivity index is 0.000000200. The van der Waals surface area contributed by atoms with Crippen molar-refractivity contribution in [3.63, 3.8) is 0 Å². The normalized spacial score (nSPS) is 12.9. The highest BCUT2D eigenvalue weighted by atomic mass is 15.0. The molecule has 11 aromatic rings. The maximum atomic E-state index is 9.17. The lowest BCUT2D eigenvalue weighted by atomic mass is 9.82. The molecule has 1 N–H and O–H groups in total. The van der Waals surface area contributed by atoms with Crippen LogP contribution in [0.1, 0.15) is 81.2 Å². The van der Waals surface area contributed by atoms with Crippen molar-refractivity contribution >= 4 is 70.6 Å². The van der Waals surface area contributed by atoms with Crippen molar-refractivity contribution in [2.24, 2.45) is 5.92 Å². The molecule has 0 amide bonds. The minimum atomic E-state index is 0.179. The molecule has 13 rings (SSSR count). The summed E-state index contributed by atoms with van der Waals surface area (Å²) in [6.07, 6.45) is 13.9. The second-order valence-electron chi connectivity index (χ2n) is 19.9. The van der Waals surface area contributed by atoms with E-state index in [-0.39, 0.29) is 5.92 Å². The standard InChI is InChI=1S/C47H39N.C20H17N.C3H8.C2H4/c1-3-30(47(48)32-12-5-4-6-13-32)25-36-15-10-17-40-41-24-21-31-19-20-34(28-43(31)46(41)42-18-9-11-29(2)44(42)45(36)40)33-22-23-39-37(26-33)27-35-14-7-8-16-38(35)39;1-2-15-12-13-20-18(14-15)17-10-6-7-11-19(17)21(20)16-8-4-3-5-9-16;1-3-2;1-2/h5,7-24,26,28,30,48H,3-4,6,25,27H2,1-2H3;3-14H,2H2,1H3;3H2,1-2H3;1-2H2. The summed E-state index contributed by atoms with van der Waals surface area (Å²) in [5, 5.41) is 22.4. The lowest BCUT2D eigenvalue weighted by Crippen LogP contribution is -2.18. The Morgan fingerprint density at radius 3 is 2.03 bits per heavy atom. The molecule has 2 aliphatic carbocycles. The van der Waals surface area contributed by atoms with Gasteiger partial charge in [-0.3, -0.25) is 0 Å². The Kier molecular flexibility index (Phi) is 14.7. The summed E-state index contributed by atoms with van der Waals surface area (Å²) < 4.78 is 2.35. The van der Waals surface area contributed by atoms with Gasteiger partial charge in [-0.25, -0.2) is 0 Å². The third-order valence-corrected chi connectivity index (χ3v) is 15.2. The van der Waals surface area contributed by atoms with Gasteiger partial charge in [0.1, 0.15) is 0 Å². The molecule has 0 aliphatic heterocycles. The average molecular weight is 961 g/mol. The number of hydrogen-bond donors (Lipinski definition) is 1. The predicted octanol–water partition coefficient (Wildman–Crippen LogP) is 20.3. The highest BCUT2D eigenvalue weighted by Crippen LogP contribution is 2.44. The molecule has 2 heteroatoms. The maximum Gasteiger partial charge on any atom is 0.0541 e. The van der Waals surface area contributed by atoms with Crippen LogP contribution in [0.3, 0.4) is 0 Å². The summed E-state index contributed by atoms with van der Waals surface area (Å²) in [5.41, 5.74) is 17.8. The Hall–Kier alpha value is -8.07. The van der Waals surface area contributed by atoms with Gasteiger partial charge in [0, 0.05) is 28.1 Å². The number of benzene rings is 10. The molecule has 1 atom stereocenters. The van der Waals surface area contributed by atoms with Crippen LogP contribution in [0, 0.1) is 18.3 Å². The van der Waals surface area contributed by atoms with Gasteiger partial charge in [-0.1, -0.05) is 198 Å². The summed E-state index contributed by atoms with van der Waals surface area (Å²) in [5.74, 6) is 0.179. The number of fused-ring (bicyclic) bond motifs is 14. The number of para-hydroxylation sites is 2. The van der Waals surface area contributed by atoms with Gasteiger partial charge in [0.25, 0.3) is 0 Å². The van der Waals surface area contributed by atoms with Crippen LogP contribution in [0.5, 0.6) is 0 Å². The SMILES string of the molecule is C=C.CCC.CCC(Cc1cccc2c3ccc4ccc(-c5ccc6c(c5)Cc5ccccc5-6)cc4c3c3cccc(C)c3c12)C(=N)C1=CCCC=C1.CCc1ccc2c(c1)c1ccccc1n2-c1ccccc1. The third kappa shape index (κ3) is 9.20. The molecule has 1 unspecified atom stereocenters. The van der Waals surface area contributed by atoms with Gasteiger partial charge in [0.2, 0.25) is 0 Å². The van der Waals surface area contributed by atoms with E-state index in [2.05, 4.69) is 253 Å². The van der Waals surface area contributed by atoms with Gasteiger partial charge in [0.15, 0.2) is 0 Å². The summed E-state index contributed by atoms with van der Waals surface area (Å²) in [7, 11) is 0. The van der Waals surface area contributed by atoms with E-state index in [0.717, 1.165) is 49.8 Å². The molecule has 0 spiro atoms. The molecule has 74 heavy (non-hydrogen) atoms. The lowest BCUT2D eigenvalue weighted by molar-refractivity contribution is 0.661. The number of rotatable bonds is 8. The fraction of sp³-hybridized carbons (Fsp3) is 0.181. The summed E-state index contributed by atoms with van der Waals surface area (Å²) in [6, 6.07) is 67.3. The van der Waals surface area contributed by atoms with Crippen LogP contribution >= 0.6 is 0 Å². The van der Waals surface area contributed by atoms with Crippen LogP contribution in [0.2, 0.25) is 0 Å². The van der Waals surface area contributed by atoms with Crippen molar-refractivity contribution in [1.82, 2.24) is 4.57 Å². The van der Waals surface area contributed by atoms with Crippen molar-refractivity contribution in [3.05, 3.63) is 247 Å². The number of allylic oxidation sites excluding steroid dienone is 4. The zero-order chi connectivity index (χ0) is 51.3. The van der Waals surface area contributed by atoms with E-state index < -0.39 is 0 Å². The summed E-state index contributed by atoms with van der Waals surface area (Å²) in [6.45, 7) is 17.0. The number of hydrogen-bond acceptors (Lipinski definition) is 1. The first kappa shape index (κ1) is 49.5. The minimum Gasteiger partial charge on any atom is -0.309 e. The highest BCUT2D eigenvalue weighted by molar-refractivity contribution is 6.32. The summed E-state index contributed by atoms with van der Waals surface area (Å²) in [4.78, 5) is 0. The third-order valence-electron chi connectivity index (χ3n) is 15.2. The average Bonchev–Trinajstić information content (AvgIpc) is 4.01. The highest BCUT2D eigenvalue weighted by Gasteiger charge is 2.22. The van der Waals surface area contributed by atoms with Gasteiger partial charge < -0.3 is 9.98 Å². The molecular weight excluding hydrogens is 893 g/mol. The smallest absolute Gasteiger partial charge is 0.0541 e. The Bertz CT molecular complexity index is 3940. The van der Waals surface area contributed by atoms with Crippen LogP contribution in [0.4, 0.5) is 0 Å². The molecule has 1 aromatic heterocycles. The second kappa shape index (κ2) is 22.0. The van der Waals surface area contributed by atoms with Gasteiger partial charge >= 0.3 is 0 Å². The quantitative estimate of drug-likeness (QED) is 0.0893. The van der Waals surface area contributed by atoms with Crippen LogP contribution < -0.4 is 0 Å². The topological polar surface area (TPSA) is 28.8 Å². The van der Waals surface area contributed by atoms with Crippen molar-refractivity contribution in [2.45, 2.75) is 79.6 Å². The number of nitrogens with one attached hydrogen (secondary N) is 1. The van der Waals surface area contributed by atoms with Crippen LogP contribution in [0.25, 0.3) is 92.8 Å². The van der Waals surface area contributed by atoms with E-state index in [1.807, 2.05) is 0 Å². The molecule has 0 radical (unpaired) electrons. The van der Waals surface area contributed by atoms with E-state index in [4.69, 9.17) is 0 Å². The molecule has 0 bridgehead atoms. The number of aryl methyl sites for hydroxylation is 2. The van der Waals surface area contributed by atoms with Gasteiger partial charge in [0.05, 0.1) is 11.0 Å². The van der Waals surface area contributed by atoms with E-state index in [1.54, 1.807) is 0 Å². The monoisotopic (exact) mass is 961 g/mol. The Morgan fingerprint density at radius 1 is 0.554 bits per heavy atom. The second-order valence-corrected chi connectivity index (χ2v) is 19.9. The summed E-state index contributed by atoms with van der Waals surface area (Å²) >= 11 is 0. The minimum absolute atomic E-state index is 0.179. The molecule has 10 aromatic carbocycles. The van der Waals surface area contributed by atoms with Crippen LogP contribution in [0.15, 0.2) is 219 Å².